The lowest BCUT2D eigenvalue weighted by molar-refractivity contribution is 0.185. The van der Waals surface area contributed by atoms with Crippen molar-refractivity contribution in [3.8, 4) is 0 Å². The first-order valence-electron chi connectivity index (χ1n) is 5.08. The summed E-state index contributed by atoms with van der Waals surface area (Å²) in [5.74, 6) is 0. The fourth-order valence-electron chi connectivity index (χ4n) is 1.44. The van der Waals surface area contributed by atoms with Crippen LogP contribution in [0, 0.1) is 6.92 Å². The Balaban J connectivity index is 3.08. The normalized spacial score (nSPS) is 12.3. The molecule has 0 radical (unpaired) electrons. The number of sulfonamides is 1. The van der Waals surface area contributed by atoms with Crippen molar-refractivity contribution in [3.63, 3.8) is 0 Å². The largest absolute Gasteiger partial charge is 0.391 e. The molecule has 0 spiro atoms. The summed E-state index contributed by atoms with van der Waals surface area (Å²) < 4.78 is 30.6. The van der Waals surface area contributed by atoms with E-state index in [1.54, 1.807) is 12.3 Å². The number of ether oxygens (including phenoxy) is 1. The molecular weight excluding hydrogens is 262 g/mol. The molecule has 1 aromatic heterocycles. The number of aliphatic hydroxyl groups is 1. The number of thiophene rings is 1. The van der Waals surface area contributed by atoms with Crippen molar-refractivity contribution in [1.82, 2.24) is 4.31 Å². The zero-order valence-corrected chi connectivity index (χ0v) is 11.8. The van der Waals surface area contributed by atoms with E-state index in [1.165, 1.54) is 29.8 Å². The van der Waals surface area contributed by atoms with E-state index in [1.807, 2.05) is 0 Å². The summed E-state index contributed by atoms with van der Waals surface area (Å²) in [6, 6.07) is 0. The average molecular weight is 279 g/mol. The summed E-state index contributed by atoms with van der Waals surface area (Å²) in [6.07, 6.45) is 0. The van der Waals surface area contributed by atoms with Crippen molar-refractivity contribution >= 4 is 21.4 Å². The number of aliphatic hydroxyl groups excluding tert-OH is 1. The van der Waals surface area contributed by atoms with Crippen molar-refractivity contribution in [2.45, 2.75) is 18.4 Å². The Morgan fingerprint density at radius 1 is 1.53 bits per heavy atom. The van der Waals surface area contributed by atoms with Gasteiger partial charge in [0, 0.05) is 20.7 Å². The molecule has 0 aliphatic heterocycles. The molecular formula is C10H17NO4S2. The third-order valence-corrected chi connectivity index (χ3v) is 5.72. The van der Waals surface area contributed by atoms with E-state index in [-0.39, 0.29) is 11.5 Å². The SMILES string of the molecule is COCCN(C)S(=O)(=O)c1c(C)csc1CO. The van der Waals surface area contributed by atoms with Gasteiger partial charge in [-0.25, -0.2) is 8.42 Å². The van der Waals surface area contributed by atoms with Crippen LogP contribution < -0.4 is 0 Å². The topological polar surface area (TPSA) is 66.8 Å². The summed E-state index contributed by atoms with van der Waals surface area (Å²) in [6.45, 7) is 2.10. The van der Waals surface area contributed by atoms with Gasteiger partial charge in [0.15, 0.2) is 0 Å². The van der Waals surface area contributed by atoms with Crippen molar-refractivity contribution in [1.29, 1.82) is 0 Å². The fourth-order valence-corrected chi connectivity index (χ4v) is 4.20. The van der Waals surface area contributed by atoms with Crippen LogP contribution in [0.5, 0.6) is 0 Å². The van der Waals surface area contributed by atoms with E-state index in [2.05, 4.69) is 0 Å². The van der Waals surface area contributed by atoms with Gasteiger partial charge in [-0.1, -0.05) is 0 Å². The van der Waals surface area contributed by atoms with Gasteiger partial charge < -0.3 is 9.84 Å². The van der Waals surface area contributed by atoms with E-state index >= 15 is 0 Å². The molecule has 1 N–H and O–H groups in total. The molecule has 1 rings (SSSR count). The van der Waals surface area contributed by atoms with Crippen LogP contribution in [0.4, 0.5) is 0 Å². The second-order valence-corrected chi connectivity index (χ2v) is 6.59. The van der Waals surface area contributed by atoms with E-state index in [0.29, 0.717) is 23.6 Å². The van der Waals surface area contributed by atoms with Crippen LogP contribution in [0.15, 0.2) is 10.3 Å². The zero-order chi connectivity index (χ0) is 13.1. The maximum absolute atomic E-state index is 12.3. The Labute approximate surface area is 106 Å². The number of hydrogen-bond acceptors (Lipinski definition) is 5. The van der Waals surface area contributed by atoms with Crippen molar-refractivity contribution in [2.75, 3.05) is 27.3 Å². The molecule has 1 heterocycles. The molecule has 0 saturated carbocycles. The highest BCUT2D eigenvalue weighted by atomic mass is 32.2. The molecule has 0 atom stereocenters. The minimum Gasteiger partial charge on any atom is -0.391 e. The fraction of sp³-hybridized carbons (Fsp3) is 0.600. The van der Waals surface area contributed by atoms with E-state index in [4.69, 9.17) is 9.84 Å². The maximum Gasteiger partial charge on any atom is 0.244 e. The highest BCUT2D eigenvalue weighted by Gasteiger charge is 2.26. The Kier molecular flexibility index (Phi) is 5.08. The van der Waals surface area contributed by atoms with Gasteiger partial charge in [-0.3, -0.25) is 0 Å². The predicted octanol–water partition coefficient (Wildman–Crippen LogP) is 0.816. The Morgan fingerprint density at radius 3 is 2.71 bits per heavy atom. The quantitative estimate of drug-likeness (QED) is 0.837. The average Bonchev–Trinajstić information content (AvgIpc) is 2.67. The van der Waals surface area contributed by atoms with Crippen LogP contribution in [0.2, 0.25) is 0 Å². The summed E-state index contributed by atoms with van der Waals surface area (Å²) >= 11 is 1.26. The first-order chi connectivity index (χ1) is 7.95. The van der Waals surface area contributed by atoms with Crippen LogP contribution in [0.25, 0.3) is 0 Å². The van der Waals surface area contributed by atoms with E-state index < -0.39 is 10.0 Å². The van der Waals surface area contributed by atoms with Gasteiger partial charge in [-0.05, 0) is 17.9 Å². The third kappa shape index (κ3) is 3.05. The van der Waals surface area contributed by atoms with Crippen LogP contribution in [-0.2, 0) is 21.4 Å². The highest BCUT2D eigenvalue weighted by Crippen LogP contribution is 2.28. The maximum atomic E-state index is 12.3. The number of hydrogen-bond donors (Lipinski definition) is 1. The number of likely N-dealkylation sites (N-methyl/N-ethyl adjacent to an activating group) is 1. The molecule has 7 heteroatoms. The number of aryl methyl sites for hydroxylation is 1. The van der Waals surface area contributed by atoms with Crippen molar-refractivity contribution in [2.24, 2.45) is 0 Å². The van der Waals surface area contributed by atoms with Gasteiger partial charge in [-0.2, -0.15) is 4.31 Å². The molecule has 0 fully saturated rings. The number of rotatable bonds is 6. The molecule has 98 valence electrons. The van der Waals surface area contributed by atoms with Gasteiger partial charge in [0.05, 0.1) is 18.1 Å². The van der Waals surface area contributed by atoms with Crippen molar-refractivity contribution < 1.29 is 18.3 Å². The van der Waals surface area contributed by atoms with Gasteiger partial charge in [-0.15, -0.1) is 11.3 Å². The molecule has 0 unspecified atom stereocenters. The highest BCUT2D eigenvalue weighted by molar-refractivity contribution is 7.89. The smallest absolute Gasteiger partial charge is 0.244 e. The number of methoxy groups -OCH3 is 1. The van der Waals surface area contributed by atoms with Crippen LogP contribution in [0.3, 0.4) is 0 Å². The predicted molar refractivity (Wildman–Crippen MR) is 66.7 cm³/mol. The third-order valence-electron chi connectivity index (χ3n) is 2.41. The molecule has 0 bridgehead atoms. The molecule has 5 nitrogen and oxygen atoms in total. The van der Waals surface area contributed by atoms with E-state index in [0.717, 1.165) is 0 Å². The second kappa shape index (κ2) is 5.92. The Bertz CT molecular complexity index is 467. The van der Waals surface area contributed by atoms with Gasteiger partial charge in [0.25, 0.3) is 0 Å². The molecule has 0 aliphatic rings. The van der Waals surface area contributed by atoms with Crippen molar-refractivity contribution in [3.05, 3.63) is 15.8 Å². The molecule has 0 amide bonds. The molecule has 1 aromatic rings. The summed E-state index contributed by atoms with van der Waals surface area (Å²) in [4.78, 5) is 0.704. The molecule has 0 saturated heterocycles. The van der Waals surface area contributed by atoms with Gasteiger partial charge in [0.2, 0.25) is 10.0 Å². The number of nitrogens with zero attached hydrogens (tertiary/aromatic N) is 1. The zero-order valence-electron chi connectivity index (χ0n) is 10.1. The monoisotopic (exact) mass is 279 g/mol. The first-order valence-corrected chi connectivity index (χ1v) is 7.40. The van der Waals surface area contributed by atoms with Crippen LogP contribution >= 0.6 is 11.3 Å². The standard InChI is InChI=1S/C10H17NO4S2/c1-8-7-16-9(6-12)10(8)17(13,14)11(2)4-5-15-3/h7,12H,4-6H2,1-3H3. The summed E-state index contributed by atoms with van der Waals surface area (Å²) in [7, 11) is -0.508. The van der Waals surface area contributed by atoms with Gasteiger partial charge >= 0.3 is 0 Å². The Hall–Kier alpha value is -0.470. The van der Waals surface area contributed by atoms with Gasteiger partial charge in [0.1, 0.15) is 4.90 Å². The lowest BCUT2D eigenvalue weighted by Gasteiger charge is -2.17. The summed E-state index contributed by atoms with van der Waals surface area (Å²) in [5.41, 5.74) is 0.670. The van der Waals surface area contributed by atoms with Crippen LogP contribution in [0.1, 0.15) is 10.4 Å². The second-order valence-electron chi connectivity index (χ2n) is 3.65. The van der Waals surface area contributed by atoms with E-state index in [9.17, 15) is 8.42 Å². The molecule has 17 heavy (non-hydrogen) atoms. The lowest BCUT2D eigenvalue weighted by Crippen LogP contribution is -2.30. The summed E-state index contributed by atoms with van der Waals surface area (Å²) in [5, 5.41) is 10.9. The Morgan fingerprint density at radius 2 is 2.18 bits per heavy atom. The minimum atomic E-state index is -3.54. The van der Waals surface area contributed by atoms with Crippen LogP contribution in [-0.4, -0.2) is 45.1 Å². The first kappa shape index (κ1) is 14.6. The lowest BCUT2D eigenvalue weighted by atomic mass is 10.3. The molecule has 0 aliphatic carbocycles. The minimum absolute atomic E-state index is 0.226. The molecule has 0 aromatic carbocycles.